The van der Waals surface area contributed by atoms with Crippen LogP contribution in [-0.2, 0) is 9.53 Å². The van der Waals surface area contributed by atoms with Crippen LogP contribution in [0.15, 0.2) is 47.4 Å². The van der Waals surface area contributed by atoms with Crippen LogP contribution in [0.3, 0.4) is 0 Å². The topological polar surface area (TPSA) is 84.9 Å². The van der Waals surface area contributed by atoms with E-state index in [1.54, 1.807) is 11.8 Å². The molecule has 2 N–H and O–H groups in total. The third-order valence-electron chi connectivity index (χ3n) is 3.47. The number of aromatic hydroxyl groups is 1. The molecule has 6 nitrogen and oxygen atoms in total. The molecule has 138 valence electrons. The van der Waals surface area contributed by atoms with E-state index < -0.39 is 18.5 Å². The van der Waals surface area contributed by atoms with Gasteiger partial charge in [0.05, 0.1) is 7.11 Å². The van der Waals surface area contributed by atoms with Gasteiger partial charge in [-0.2, -0.15) is 0 Å². The number of carbonyl (C=O) groups is 2. The van der Waals surface area contributed by atoms with E-state index in [0.29, 0.717) is 18.0 Å². The number of rotatable bonds is 8. The molecule has 2 aromatic carbocycles. The molecule has 0 saturated carbocycles. The molecule has 26 heavy (non-hydrogen) atoms. The fourth-order valence-corrected chi connectivity index (χ4v) is 2.83. The zero-order valence-electron chi connectivity index (χ0n) is 14.7. The number of phenols is 1. The van der Waals surface area contributed by atoms with E-state index in [9.17, 15) is 14.7 Å². The first-order valence-corrected chi connectivity index (χ1v) is 8.98. The second kappa shape index (κ2) is 9.72. The number of amides is 1. The van der Waals surface area contributed by atoms with Gasteiger partial charge in [0.2, 0.25) is 0 Å². The first-order valence-electron chi connectivity index (χ1n) is 8.00. The molecule has 0 bridgehead atoms. The minimum Gasteiger partial charge on any atom is -0.507 e. The monoisotopic (exact) mass is 375 g/mol. The molecule has 0 fully saturated rings. The van der Waals surface area contributed by atoms with E-state index in [1.807, 2.05) is 31.2 Å². The van der Waals surface area contributed by atoms with Crippen LogP contribution in [0, 0.1) is 6.92 Å². The molecule has 1 amide bonds. The zero-order valence-corrected chi connectivity index (χ0v) is 15.5. The van der Waals surface area contributed by atoms with Crippen molar-refractivity contribution in [1.29, 1.82) is 0 Å². The fraction of sp³-hybridized carbons (Fsp3) is 0.263. The van der Waals surface area contributed by atoms with Gasteiger partial charge in [-0.1, -0.05) is 17.7 Å². The van der Waals surface area contributed by atoms with E-state index in [4.69, 9.17) is 9.47 Å². The lowest BCUT2D eigenvalue weighted by atomic mass is 10.2. The summed E-state index contributed by atoms with van der Waals surface area (Å²) >= 11 is 1.63. The van der Waals surface area contributed by atoms with Crippen molar-refractivity contribution in [2.45, 2.75) is 11.8 Å². The Morgan fingerprint density at radius 1 is 1.15 bits per heavy atom. The highest BCUT2D eigenvalue weighted by Gasteiger charge is 2.15. The number of ether oxygens (including phenoxy) is 2. The lowest BCUT2D eigenvalue weighted by Gasteiger charge is -2.08. The highest BCUT2D eigenvalue weighted by molar-refractivity contribution is 7.99. The average molecular weight is 375 g/mol. The van der Waals surface area contributed by atoms with E-state index >= 15 is 0 Å². The molecule has 0 aliphatic carbocycles. The van der Waals surface area contributed by atoms with Gasteiger partial charge in [-0.15, -0.1) is 11.8 Å². The molecular weight excluding hydrogens is 354 g/mol. The summed E-state index contributed by atoms with van der Waals surface area (Å²) < 4.78 is 9.86. The summed E-state index contributed by atoms with van der Waals surface area (Å²) in [4.78, 5) is 24.8. The Balaban J connectivity index is 1.69. The molecule has 0 atom stereocenters. The second-order valence-corrected chi connectivity index (χ2v) is 6.64. The van der Waals surface area contributed by atoms with Gasteiger partial charge in [0.1, 0.15) is 17.1 Å². The third kappa shape index (κ3) is 6.00. The Hall–Kier alpha value is -2.67. The minimum atomic E-state index is -0.769. The number of carbonyl (C=O) groups excluding carboxylic acids is 2. The van der Waals surface area contributed by atoms with Crippen LogP contribution in [0.2, 0.25) is 0 Å². The second-order valence-electron chi connectivity index (χ2n) is 5.47. The Bertz CT molecular complexity index is 761. The van der Waals surface area contributed by atoms with Crippen LogP contribution in [0.4, 0.5) is 0 Å². The largest absolute Gasteiger partial charge is 0.507 e. The lowest BCUT2D eigenvalue weighted by Crippen LogP contribution is -2.30. The van der Waals surface area contributed by atoms with Gasteiger partial charge in [-0.3, -0.25) is 4.79 Å². The van der Waals surface area contributed by atoms with Crippen molar-refractivity contribution >= 4 is 23.6 Å². The smallest absolute Gasteiger partial charge is 0.342 e. The van der Waals surface area contributed by atoms with Crippen molar-refractivity contribution in [2.75, 3.05) is 26.0 Å². The standard InChI is InChI=1S/C19H21NO5S/c1-13-3-6-15(7-4-13)26-10-9-20-18(22)12-25-19(23)16-8-5-14(24-2)11-17(16)21/h3-8,11,21H,9-10,12H2,1-2H3,(H,20,22). The van der Waals surface area contributed by atoms with Gasteiger partial charge >= 0.3 is 5.97 Å². The number of phenolic OH excluding ortho intramolecular Hbond substituents is 1. The lowest BCUT2D eigenvalue weighted by molar-refractivity contribution is -0.124. The number of esters is 1. The summed E-state index contributed by atoms with van der Waals surface area (Å²) in [5.74, 6) is -0.292. The van der Waals surface area contributed by atoms with Crippen LogP contribution in [0.1, 0.15) is 15.9 Å². The van der Waals surface area contributed by atoms with Crippen molar-refractivity contribution in [3.63, 3.8) is 0 Å². The first kappa shape index (κ1) is 19.7. The van der Waals surface area contributed by atoms with Gasteiger partial charge in [0.25, 0.3) is 5.91 Å². The van der Waals surface area contributed by atoms with Crippen molar-refractivity contribution in [1.82, 2.24) is 5.32 Å². The van der Waals surface area contributed by atoms with Crippen LogP contribution in [0.25, 0.3) is 0 Å². The number of aryl methyl sites for hydroxylation is 1. The quantitative estimate of drug-likeness (QED) is 0.419. The summed E-state index contributed by atoms with van der Waals surface area (Å²) in [6, 6.07) is 12.4. The number of benzene rings is 2. The highest BCUT2D eigenvalue weighted by Crippen LogP contribution is 2.23. The van der Waals surface area contributed by atoms with Crippen molar-refractivity contribution < 1.29 is 24.2 Å². The molecule has 2 aromatic rings. The Morgan fingerprint density at radius 3 is 2.54 bits per heavy atom. The summed E-state index contributed by atoms with van der Waals surface area (Å²) in [5.41, 5.74) is 1.18. The van der Waals surface area contributed by atoms with Crippen molar-refractivity contribution in [3.05, 3.63) is 53.6 Å². The first-order chi connectivity index (χ1) is 12.5. The van der Waals surface area contributed by atoms with Crippen molar-refractivity contribution in [3.8, 4) is 11.5 Å². The molecule has 0 aliphatic rings. The molecule has 0 heterocycles. The molecule has 0 spiro atoms. The molecule has 0 aromatic heterocycles. The van der Waals surface area contributed by atoms with Gasteiger partial charge in [-0.25, -0.2) is 4.79 Å². The van der Waals surface area contributed by atoms with Crippen LogP contribution in [-0.4, -0.2) is 43.0 Å². The third-order valence-corrected chi connectivity index (χ3v) is 4.49. The van der Waals surface area contributed by atoms with E-state index in [0.717, 1.165) is 4.90 Å². The Morgan fingerprint density at radius 2 is 1.88 bits per heavy atom. The molecule has 7 heteroatoms. The number of nitrogens with one attached hydrogen (secondary N) is 1. The molecular formula is C19H21NO5S. The molecule has 0 saturated heterocycles. The van der Waals surface area contributed by atoms with E-state index in [2.05, 4.69) is 5.32 Å². The summed E-state index contributed by atoms with van der Waals surface area (Å²) in [6.45, 7) is 2.09. The van der Waals surface area contributed by atoms with Gasteiger partial charge < -0.3 is 19.9 Å². The molecule has 2 rings (SSSR count). The molecule has 0 unspecified atom stereocenters. The maximum atomic E-state index is 11.9. The summed E-state index contributed by atoms with van der Waals surface area (Å²) in [7, 11) is 1.45. The van der Waals surface area contributed by atoms with Crippen LogP contribution in [0.5, 0.6) is 11.5 Å². The zero-order chi connectivity index (χ0) is 18.9. The van der Waals surface area contributed by atoms with Crippen molar-refractivity contribution in [2.24, 2.45) is 0 Å². The minimum absolute atomic E-state index is 0.0199. The van der Waals surface area contributed by atoms with E-state index in [-0.39, 0.29) is 11.3 Å². The summed E-state index contributed by atoms with van der Waals surface area (Å²) in [6.07, 6.45) is 0. The average Bonchev–Trinajstić information content (AvgIpc) is 2.64. The predicted molar refractivity (Wildman–Crippen MR) is 99.9 cm³/mol. The predicted octanol–water partition coefficient (Wildman–Crippen LogP) is 2.77. The maximum Gasteiger partial charge on any atom is 0.342 e. The van der Waals surface area contributed by atoms with Crippen LogP contribution >= 0.6 is 11.8 Å². The number of methoxy groups -OCH3 is 1. The van der Waals surface area contributed by atoms with Gasteiger partial charge in [-0.05, 0) is 31.2 Å². The Kier molecular flexibility index (Phi) is 7.35. The van der Waals surface area contributed by atoms with Gasteiger partial charge in [0, 0.05) is 23.3 Å². The van der Waals surface area contributed by atoms with Gasteiger partial charge in [0.15, 0.2) is 6.61 Å². The number of hydrogen-bond acceptors (Lipinski definition) is 6. The Labute approximate surface area is 156 Å². The number of thioether (sulfide) groups is 1. The van der Waals surface area contributed by atoms with Crippen LogP contribution < -0.4 is 10.1 Å². The van der Waals surface area contributed by atoms with E-state index in [1.165, 1.54) is 30.9 Å². The SMILES string of the molecule is COc1ccc(C(=O)OCC(=O)NCCSc2ccc(C)cc2)c(O)c1. The maximum absolute atomic E-state index is 11.9. The highest BCUT2D eigenvalue weighted by atomic mass is 32.2. The molecule has 0 aliphatic heterocycles. The normalized spacial score (nSPS) is 10.2. The summed E-state index contributed by atoms with van der Waals surface area (Å²) in [5, 5.41) is 12.5. The molecule has 0 radical (unpaired) electrons. The number of hydrogen-bond donors (Lipinski definition) is 2. The fourth-order valence-electron chi connectivity index (χ4n) is 2.06.